The minimum Gasteiger partial charge on any atom is -0.347 e. The van der Waals surface area contributed by atoms with Crippen molar-refractivity contribution in [3.05, 3.63) is 52.6 Å². The van der Waals surface area contributed by atoms with Crippen LogP contribution in [0.2, 0.25) is 0 Å². The van der Waals surface area contributed by atoms with Crippen molar-refractivity contribution in [1.29, 1.82) is 0 Å². The third kappa shape index (κ3) is 3.15. The van der Waals surface area contributed by atoms with E-state index < -0.39 is 0 Å². The van der Waals surface area contributed by atoms with Crippen LogP contribution in [0.3, 0.4) is 0 Å². The number of rotatable bonds is 4. The van der Waals surface area contributed by atoms with Crippen molar-refractivity contribution in [2.75, 3.05) is 18.5 Å². The highest BCUT2D eigenvalue weighted by atomic mass is 32.2. The molecule has 25 heavy (non-hydrogen) atoms. The van der Waals surface area contributed by atoms with Crippen LogP contribution < -0.4 is 4.90 Å². The van der Waals surface area contributed by atoms with Crippen molar-refractivity contribution in [3.8, 4) is 0 Å². The van der Waals surface area contributed by atoms with Crippen LogP contribution in [0.25, 0.3) is 0 Å². The van der Waals surface area contributed by atoms with Gasteiger partial charge >= 0.3 is 0 Å². The zero-order valence-electron chi connectivity index (χ0n) is 15.2. The number of likely N-dealkylation sites (N-methyl/N-ethyl adjacent to an activating group) is 1. The number of carbonyl (C=O) groups is 1. The van der Waals surface area contributed by atoms with Crippen LogP contribution in [0.4, 0.5) is 5.69 Å². The van der Waals surface area contributed by atoms with Gasteiger partial charge in [0.2, 0.25) is 0 Å². The van der Waals surface area contributed by atoms with Crippen molar-refractivity contribution in [2.24, 2.45) is 0 Å². The standard InChI is InChI=1S/C20H24N2OS2/c1-5-6-13-22-18(23)16(25-19(22)24)11-12-17-20(2,3)14-9-7-8-10-15(14)21(17)4/h7-12H,5-6,13H2,1-4H3/b16-11+,17-12+. The predicted octanol–water partition coefficient (Wildman–Crippen LogP) is 4.84. The lowest BCUT2D eigenvalue weighted by atomic mass is 9.84. The highest BCUT2D eigenvalue weighted by Gasteiger charge is 2.38. The number of hydrogen-bond donors (Lipinski definition) is 0. The summed E-state index contributed by atoms with van der Waals surface area (Å²) in [6.07, 6.45) is 6.04. The molecule has 0 N–H and O–H groups in total. The number of thiocarbonyl (C=S) groups is 1. The first-order valence-electron chi connectivity index (χ1n) is 8.67. The largest absolute Gasteiger partial charge is 0.347 e. The highest BCUT2D eigenvalue weighted by Crippen LogP contribution is 2.46. The summed E-state index contributed by atoms with van der Waals surface area (Å²) < 4.78 is 0.672. The topological polar surface area (TPSA) is 23.6 Å². The summed E-state index contributed by atoms with van der Waals surface area (Å²) in [4.78, 5) is 17.3. The SMILES string of the molecule is CCCCN1C(=O)/C(=C\C=C2\N(C)c3ccccc3C2(C)C)SC1=S. The Hall–Kier alpha value is -1.59. The Bertz CT molecular complexity index is 780. The second-order valence-corrected chi connectivity index (χ2v) is 8.64. The molecule has 1 saturated heterocycles. The second kappa shape index (κ2) is 6.96. The maximum Gasteiger partial charge on any atom is 0.266 e. The third-order valence-corrected chi connectivity index (χ3v) is 6.34. The van der Waals surface area contributed by atoms with E-state index in [1.54, 1.807) is 4.90 Å². The Labute approximate surface area is 159 Å². The van der Waals surface area contributed by atoms with Crippen LogP contribution in [0.5, 0.6) is 0 Å². The Morgan fingerprint density at radius 1 is 1.24 bits per heavy atom. The van der Waals surface area contributed by atoms with Crippen molar-refractivity contribution < 1.29 is 4.79 Å². The number of allylic oxidation sites excluding steroid dienone is 3. The predicted molar refractivity (Wildman–Crippen MR) is 111 cm³/mol. The lowest BCUT2D eigenvalue weighted by Crippen LogP contribution is -2.28. The molecule has 0 unspecified atom stereocenters. The molecule has 3 nitrogen and oxygen atoms in total. The summed E-state index contributed by atoms with van der Waals surface area (Å²) in [6.45, 7) is 7.28. The molecular weight excluding hydrogens is 348 g/mol. The molecule has 1 aromatic rings. The number of carbonyl (C=O) groups excluding carboxylic acids is 1. The highest BCUT2D eigenvalue weighted by molar-refractivity contribution is 8.26. The average molecular weight is 373 g/mol. The van der Waals surface area contributed by atoms with Gasteiger partial charge in [-0.2, -0.15) is 0 Å². The lowest BCUT2D eigenvalue weighted by Gasteiger charge is -2.23. The number of amides is 1. The van der Waals surface area contributed by atoms with Crippen LogP contribution in [0, 0.1) is 0 Å². The van der Waals surface area contributed by atoms with Crippen LogP contribution in [0.1, 0.15) is 39.2 Å². The Kier molecular flexibility index (Phi) is 5.07. The zero-order valence-corrected chi connectivity index (χ0v) is 16.8. The minimum absolute atomic E-state index is 0.0382. The summed E-state index contributed by atoms with van der Waals surface area (Å²) >= 11 is 6.78. The van der Waals surface area contributed by atoms with E-state index in [4.69, 9.17) is 12.2 Å². The van der Waals surface area contributed by atoms with Gasteiger partial charge in [-0.05, 0) is 30.2 Å². The van der Waals surface area contributed by atoms with Gasteiger partial charge in [0.1, 0.15) is 4.32 Å². The van der Waals surface area contributed by atoms with E-state index in [1.807, 2.05) is 6.08 Å². The zero-order chi connectivity index (χ0) is 18.2. The van der Waals surface area contributed by atoms with Gasteiger partial charge in [0, 0.05) is 30.4 Å². The molecule has 0 aromatic heterocycles. The van der Waals surface area contributed by atoms with Crippen molar-refractivity contribution >= 4 is 39.9 Å². The summed E-state index contributed by atoms with van der Waals surface area (Å²) in [5.74, 6) is 0.0382. The van der Waals surface area contributed by atoms with Gasteiger partial charge in [-0.3, -0.25) is 9.69 Å². The molecule has 1 aromatic carbocycles. The number of nitrogens with zero attached hydrogens (tertiary/aromatic N) is 2. The first kappa shape index (κ1) is 18.2. The summed E-state index contributed by atoms with van der Waals surface area (Å²) in [6, 6.07) is 8.46. The Balaban J connectivity index is 1.88. The molecule has 2 heterocycles. The summed E-state index contributed by atoms with van der Waals surface area (Å²) in [5, 5.41) is 0. The van der Waals surface area contributed by atoms with Gasteiger partial charge in [0.05, 0.1) is 4.91 Å². The lowest BCUT2D eigenvalue weighted by molar-refractivity contribution is -0.122. The van der Waals surface area contributed by atoms with Crippen LogP contribution in [-0.2, 0) is 10.2 Å². The molecule has 0 aliphatic carbocycles. The first-order chi connectivity index (χ1) is 11.9. The van der Waals surface area contributed by atoms with Gasteiger partial charge in [-0.25, -0.2) is 0 Å². The molecule has 2 aliphatic heterocycles. The molecular formula is C20H24N2OS2. The molecule has 0 spiro atoms. The molecule has 132 valence electrons. The van der Waals surface area contributed by atoms with Gasteiger partial charge < -0.3 is 4.90 Å². The monoisotopic (exact) mass is 372 g/mol. The van der Waals surface area contributed by atoms with Gasteiger partial charge in [0.15, 0.2) is 0 Å². The van der Waals surface area contributed by atoms with Crippen molar-refractivity contribution in [3.63, 3.8) is 0 Å². The third-order valence-electron chi connectivity index (χ3n) is 4.94. The molecule has 3 rings (SSSR count). The fourth-order valence-electron chi connectivity index (χ4n) is 3.48. The number of fused-ring (bicyclic) bond motifs is 1. The molecule has 0 saturated carbocycles. The van der Waals surface area contributed by atoms with Crippen LogP contribution >= 0.6 is 24.0 Å². The van der Waals surface area contributed by atoms with Crippen LogP contribution in [-0.4, -0.2) is 28.7 Å². The number of benzene rings is 1. The molecule has 1 amide bonds. The van der Waals surface area contributed by atoms with Gasteiger partial charge in [0.25, 0.3) is 5.91 Å². The molecule has 2 aliphatic rings. The molecule has 0 bridgehead atoms. The number of unbranched alkanes of at least 4 members (excludes halogenated alkanes) is 1. The molecule has 0 atom stereocenters. The summed E-state index contributed by atoms with van der Waals surface area (Å²) in [7, 11) is 2.08. The quantitative estimate of drug-likeness (QED) is 0.557. The number of para-hydroxylation sites is 1. The van der Waals surface area contributed by atoms with E-state index >= 15 is 0 Å². The Morgan fingerprint density at radius 3 is 2.64 bits per heavy atom. The fourth-order valence-corrected chi connectivity index (χ4v) is 4.73. The van der Waals surface area contributed by atoms with E-state index in [0.29, 0.717) is 15.8 Å². The van der Waals surface area contributed by atoms with Crippen molar-refractivity contribution in [2.45, 2.75) is 39.0 Å². The molecule has 1 fully saturated rings. The van der Waals surface area contributed by atoms with E-state index in [9.17, 15) is 4.79 Å². The molecule has 5 heteroatoms. The maximum absolute atomic E-state index is 12.6. The molecule has 0 radical (unpaired) electrons. The number of anilines is 1. The fraction of sp³-hybridized carbons (Fsp3) is 0.400. The van der Waals surface area contributed by atoms with Gasteiger partial charge in [-0.15, -0.1) is 0 Å². The van der Waals surface area contributed by atoms with Crippen LogP contribution in [0.15, 0.2) is 47.0 Å². The van der Waals surface area contributed by atoms with E-state index in [2.05, 4.69) is 63.1 Å². The summed E-state index contributed by atoms with van der Waals surface area (Å²) in [5.41, 5.74) is 3.64. The number of hydrogen-bond acceptors (Lipinski definition) is 4. The van der Waals surface area contributed by atoms with Crippen molar-refractivity contribution in [1.82, 2.24) is 4.90 Å². The number of thioether (sulfide) groups is 1. The Morgan fingerprint density at radius 2 is 1.96 bits per heavy atom. The second-order valence-electron chi connectivity index (χ2n) is 6.96. The normalized spacial score (nSPS) is 22.4. The average Bonchev–Trinajstić information content (AvgIpc) is 2.96. The van der Waals surface area contributed by atoms with E-state index in [0.717, 1.165) is 12.8 Å². The maximum atomic E-state index is 12.6. The van der Waals surface area contributed by atoms with Gasteiger partial charge in [-0.1, -0.05) is 69.4 Å². The van der Waals surface area contributed by atoms with E-state index in [1.165, 1.54) is 28.7 Å². The first-order valence-corrected chi connectivity index (χ1v) is 9.89. The smallest absolute Gasteiger partial charge is 0.266 e. The van der Waals surface area contributed by atoms with E-state index in [-0.39, 0.29) is 11.3 Å². The minimum atomic E-state index is -0.0862.